The van der Waals surface area contributed by atoms with Crippen molar-refractivity contribution in [3.05, 3.63) is 34.5 Å². The maximum atomic E-state index is 3.48. The van der Waals surface area contributed by atoms with Crippen molar-refractivity contribution >= 4 is 10.9 Å². The van der Waals surface area contributed by atoms with Crippen LogP contribution < -0.4 is 5.32 Å². The van der Waals surface area contributed by atoms with E-state index < -0.39 is 0 Å². The average Bonchev–Trinajstić information content (AvgIpc) is 2.53. The van der Waals surface area contributed by atoms with E-state index >= 15 is 0 Å². The van der Waals surface area contributed by atoms with Crippen molar-refractivity contribution in [1.29, 1.82) is 0 Å². The van der Waals surface area contributed by atoms with Crippen molar-refractivity contribution in [1.82, 2.24) is 10.3 Å². The van der Waals surface area contributed by atoms with Gasteiger partial charge in [-0.25, -0.2) is 0 Å². The molecule has 2 aromatic rings. The molecule has 80 valence electrons. The number of hydrogen-bond donors (Lipinski definition) is 2. The van der Waals surface area contributed by atoms with Crippen molar-refractivity contribution in [2.75, 3.05) is 7.05 Å². The lowest BCUT2D eigenvalue weighted by Crippen LogP contribution is -2.05. The number of H-pyrrole nitrogens is 1. The van der Waals surface area contributed by atoms with Crippen LogP contribution in [0.4, 0.5) is 0 Å². The Bertz CT molecular complexity index is 495. The Hall–Kier alpha value is -1.28. The molecule has 0 aliphatic rings. The Balaban J connectivity index is 2.79. The number of rotatable bonds is 2. The minimum Gasteiger partial charge on any atom is -0.358 e. The first-order chi connectivity index (χ1) is 7.15. The smallest absolute Gasteiger partial charge is 0.0491 e. The standard InChI is InChI=1S/C13H18N2/c1-8-5-6-9(2)13-12(8)11(7-14-4)10(3)15-13/h5-6,14-15H,7H2,1-4H3. The predicted octanol–water partition coefficient (Wildman–Crippen LogP) is 2.81. The maximum absolute atomic E-state index is 3.48. The van der Waals surface area contributed by atoms with Crippen molar-refractivity contribution in [2.45, 2.75) is 27.3 Å². The first-order valence-electron chi connectivity index (χ1n) is 5.37. The van der Waals surface area contributed by atoms with Crippen LogP contribution in [-0.4, -0.2) is 12.0 Å². The molecule has 1 heterocycles. The van der Waals surface area contributed by atoms with Gasteiger partial charge in [0.15, 0.2) is 0 Å². The molecule has 1 aromatic heterocycles. The molecule has 0 bridgehead atoms. The molecular formula is C13H18N2. The van der Waals surface area contributed by atoms with Gasteiger partial charge in [0.05, 0.1) is 0 Å². The first-order valence-corrected chi connectivity index (χ1v) is 5.37. The van der Waals surface area contributed by atoms with Gasteiger partial charge in [0.2, 0.25) is 0 Å². The van der Waals surface area contributed by atoms with Gasteiger partial charge in [-0.3, -0.25) is 0 Å². The third-order valence-corrected chi connectivity index (χ3v) is 3.04. The molecule has 0 atom stereocenters. The third kappa shape index (κ3) is 1.55. The topological polar surface area (TPSA) is 27.8 Å². The Morgan fingerprint density at radius 1 is 1.13 bits per heavy atom. The molecule has 15 heavy (non-hydrogen) atoms. The molecule has 2 rings (SSSR count). The van der Waals surface area contributed by atoms with Crippen LogP contribution >= 0.6 is 0 Å². The van der Waals surface area contributed by atoms with Crippen LogP contribution in [0.25, 0.3) is 10.9 Å². The fourth-order valence-electron chi connectivity index (χ4n) is 2.21. The molecule has 0 fully saturated rings. The normalized spacial score (nSPS) is 11.2. The van der Waals surface area contributed by atoms with Crippen LogP contribution in [0.2, 0.25) is 0 Å². The molecule has 0 spiro atoms. The van der Waals surface area contributed by atoms with Crippen molar-refractivity contribution in [3.8, 4) is 0 Å². The number of benzene rings is 1. The summed E-state index contributed by atoms with van der Waals surface area (Å²) in [5, 5.41) is 4.62. The fourth-order valence-corrected chi connectivity index (χ4v) is 2.21. The van der Waals surface area contributed by atoms with Gasteiger partial charge in [-0.05, 0) is 44.5 Å². The highest BCUT2D eigenvalue weighted by Gasteiger charge is 2.10. The Morgan fingerprint density at radius 3 is 2.47 bits per heavy atom. The summed E-state index contributed by atoms with van der Waals surface area (Å²) in [6.45, 7) is 7.40. The Morgan fingerprint density at radius 2 is 1.80 bits per heavy atom. The third-order valence-electron chi connectivity index (χ3n) is 3.04. The number of aromatic amines is 1. The van der Waals surface area contributed by atoms with Crippen LogP contribution in [0.3, 0.4) is 0 Å². The quantitative estimate of drug-likeness (QED) is 0.770. The van der Waals surface area contributed by atoms with Crippen molar-refractivity contribution in [3.63, 3.8) is 0 Å². The molecule has 0 amide bonds. The summed E-state index contributed by atoms with van der Waals surface area (Å²) in [6, 6.07) is 4.38. The number of aromatic nitrogens is 1. The minimum absolute atomic E-state index is 0.927. The zero-order chi connectivity index (χ0) is 11.0. The molecule has 0 saturated carbocycles. The van der Waals surface area contributed by atoms with Gasteiger partial charge in [0, 0.05) is 23.1 Å². The van der Waals surface area contributed by atoms with Gasteiger partial charge in [-0.15, -0.1) is 0 Å². The van der Waals surface area contributed by atoms with E-state index in [0.29, 0.717) is 0 Å². The van der Waals surface area contributed by atoms with Gasteiger partial charge in [-0.1, -0.05) is 12.1 Å². The van der Waals surface area contributed by atoms with E-state index in [1.807, 2.05) is 7.05 Å². The van der Waals surface area contributed by atoms with Crippen molar-refractivity contribution in [2.24, 2.45) is 0 Å². The lowest BCUT2D eigenvalue weighted by atomic mass is 10.0. The first kappa shape index (κ1) is 10.2. The lowest BCUT2D eigenvalue weighted by molar-refractivity contribution is 0.816. The molecule has 2 heteroatoms. The summed E-state index contributed by atoms with van der Waals surface area (Å²) < 4.78 is 0. The molecule has 0 aliphatic carbocycles. The largest absolute Gasteiger partial charge is 0.358 e. The molecule has 1 aromatic carbocycles. The average molecular weight is 202 g/mol. The highest BCUT2D eigenvalue weighted by atomic mass is 14.8. The zero-order valence-electron chi connectivity index (χ0n) is 9.86. The number of nitrogens with one attached hydrogen (secondary N) is 2. The summed E-state index contributed by atoms with van der Waals surface area (Å²) in [4.78, 5) is 3.48. The lowest BCUT2D eigenvalue weighted by Gasteiger charge is -2.03. The number of aryl methyl sites for hydroxylation is 3. The predicted molar refractivity (Wildman–Crippen MR) is 65.3 cm³/mol. The van der Waals surface area contributed by atoms with Gasteiger partial charge in [0.1, 0.15) is 0 Å². The van der Waals surface area contributed by atoms with Gasteiger partial charge in [0.25, 0.3) is 0 Å². The van der Waals surface area contributed by atoms with Crippen molar-refractivity contribution < 1.29 is 0 Å². The van der Waals surface area contributed by atoms with E-state index in [-0.39, 0.29) is 0 Å². The molecular weight excluding hydrogens is 184 g/mol. The molecule has 0 aliphatic heterocycles. The van der Waals surface area contributed by atoms with Crippen LogP contribution in [-0.2, 0) is 6.54 Å². The molecule has 2 nitrogen and oxygen atoms in total. The maximum Gasteiger partial charge on any atom is 0.0491 e. The van der Waals surface area contributed by atoms with E-state index in [1.54, 1.807) is 0 Å². The summed E-state index contributed by atoms with van der Waals surface area (Å²) >= 11 is 0. The molecule has 0 radical (unpaired) electrons. The second-order valence-electron chi connectivity index (χ2n) is 4.21. The van der Waals surface area contributed by atoms with E-state index in [4.69, 9.17) is 0 Å². The highest BCUT2D eigenvalue weighted by Crippen LogP contribution is 2.27. The van der Waals surface area contributed by atoms with Crippen LogP contribution in [0, 0.1) is 20.8 Å². The highest BCUT2D eigenvalue weighted by molar-refractivity contribution is 5.90. The summed E-state index contributed by atoms with van der Waals surface area (Å²) in [7, 11) is 1.99. The van der Waals surface area contributed by atoms with Crippen LogP contribution in [0.1, 0.15) is 22.4 Å². The van der Waals surface area contributed by atoms with Gasteiger partial charge < -0.3 is 10.3 Å². The van der Waals surface area contributed by atoms with E-state index in [9.17, 15) is 0 Å². The monoisotopic (exact) mass is 202 g/mol. The second kappa shape index (κ2) is 3.70. The fraction of sp³-hybridized carbons (Fsp3) is 0.385. The number of fused-ring (bicyclic) bond motifs is 1. The number of hydrogen-bond acceptors (Lipinski definition) is 1. The second-order valence-corrected chi connectivity index (χ2v) is 4.21. The van der Waals surface area contributed by atoms with Crippen LogP contribution in [0.5, 0.6) is 0 Å². The summed E-state index contributed by atoms with van der Waals surface area (Å²) in [6.07, 6.45) is 0. The van der Waals surface area contributed by atoms with E-state index in [0.717, 1.165) is 6.54 Å². The SMILES string of the molecule is CNCc1c(C)[nH]c2c(C)ccc(C)c12. The summed E-state index contributed by atoms with van der Waals surface area (Å²) in [5.74, 6) is 0. The van der Waals surface area contributed by atoms with E-state index in [1.165, 1.54) is 33.3 Å². The molecule has 0 saturated heterocycles. The van der Waals surface area contributed by atoms with E-state index in [2.05, 4.69) is 43.2 Å². The Labute approximate surface area is 90.7 Å². The summed E-state index contributed by atoms with van der Waals surface area (Å²) in [5.41, 5.74) is 6.63. The minimum atomic E-state index is 0.927. The van der Waals surface area contributed by atoms with Crippen LogP contribution in [0.15, 0.2) is 12.1 Å². The van der Waals surface area contributed by atoms with Gasteiger partial charge >= 0.3 is 0 Å². The Kier molecular flexibility index (Phi) is 2.53. The molecule has 0 unspecified atom stereocenters. The van der Waals surface area contributed by atoms with Gasteiger partial charge in [-0.2, -0.15) is 0 Å². The zero-order valence-corrected chi connectivity index (χ0v) is 9.86. The molecule has 2 N–H and O–H groups in total.